The Kier molecular flexibility index (Phi) is 3.29. The van der Waals surface area contributed by atoms with E-state index in [1.54, 1.807) is 0 Å². The summed E-state index contributed by atoms with van der Waals surface area (Å²) in [6, 6.07) is 0. The zero-order chi connectivity index (χ0) is 8.72. The zero-order valence-electron chi connectivity index (χ0n) is 7.88. The van der Waals surface area contributed by atoms with E-state index in [2.05, 4.69) is 15.6 Å². The first-order valence-corrected chi connectivity index (χ1v) is 4.41. The van der Waals surface area contributed by atoms with Gasteiger partial charge in [-0.3, -0.25) is 11.3 Å². The average Bonchev–Trinajstić information content (AvgIpc) is 2.41. The first-order valence-electron chi connectivity index (χ1n) is 3.59. The smallest absolute Gasteiger partial charge is 0.419 e. The molecule has 0 atom stereocenters. The van der Waals surface area contributed by atoms with Crippen molar-refractivity contribution in [2.24, 2.45) is 0 Å². The number of nitrogens with zero attached hydrogens (tertiary/aromatic N) is 2. The van der Waals surface area contributed by atoms with Crippen LogP contribution in [0.3, 0.4) is 0 Å². The number of fused-ring (bicyclic) bond motifs is 1. The molecule has 0 radical (unpaired) electrons. The van der Waals surface area contributed by atoms with Crippen LogP contribution >= 0.6 is 11.3 Å². The Bertz CT molecular complexity index is 438. The van der Waals surface area contributed by atoms with Gasteiger partial charge in [-0.1, -0.05) is 16.6 Å². The summed E-state index contributed by atoms with van der Waals surface area (Å²) < 4.78 is 0. The molecule has 0 aliphatic carbocycles. The van der Waals surface area contributed by atoms with Gasteiger partial charge in [-0.25, -0.2) is 5.10 Å². The second kappa shape index (κ2) is 3.92. The molecular weight excluding hydrogens is 193 g/mol. The van der Waals surface area contributed by atoms with E-state index in [4.69, 9.17) is 5.73 Å². The van der Waals surface area contributed by atoms with Gasteiger partial charge in [0.15, 0.2) is 0 Å². The molecule has 0 aliphatic rings. The molecule has 0 spiro atoms. The van der Waals surface area contributed by atoms with E-state index >= 15 is 0 Å². The van der Waals surface area contributed by atoms with Gasteiger partial charge >= 0.3 is 29.6 Å². The molecule has 0 unspecified atom stereocenters. The van der Waals surface area contributed by atoms with E-state index in [-0.39, 0.29) is 29.6 Å². The summed E-state index contributed by atoms with van der Waals surface area (Å²) in [6.45, 7) is 3.93. The van der Waals surface area contributed by atoms with E-state index in [1.165, 1.54) is 11.3 Å². The fourth-order valence-electron chi connectivity index (χ4n) is 1.13. The van der Waals surface area contributed by atoms with Gasteiger partial charge in [-0.15, -0.1) is 5.39 Å². The fourth-order valence-corrected chi connectivity index (χ4v) is 1.89. The largest absolute Gasteiger partial charge is 1.00 e. The molecule has 5 heteroatoms. The van der Waals surface area contributed by atoms with E-state index in [0.29, 0.717) is 5.69 Å². The standard InChI is InChI=1S/C8H8N3S.Na/c1-4-5(2)10-11-8-7(4)6(9)3-12-8;/h9H2,1-2H3;/q-1;+1. The average molecular weight is 201 g/mol. The molecule has 0 aromatic carbocycles. The second-order valence-electron chi connectivity index (χ2n) is 2.71. The third-order valence-corrected chi connectivity index (χ3v) is 2.75. The van der Waals surface area contributed by atoms with Crippen molar-refractivity contribution >= 4 is 27.2 Å². The number of anilines is 1. The number of nitrogen functional groups attached to an aromatic ring is 1. The summed E-state index contributed by atoms with van der Waals surface area (Å²) in [5.74, 6) is 0. The SMILES string of the molecule is Cc1nnc2s[c-]c(N)c2c1C.[Na+]. The minimum absolute atomic E-state index is 0. The van der Waals surface area contributed by atoms with Gasteiger partial charge in [-0.05, 0) is 18.7 Å². The van der Waals surface area contributed by atoms with Gasteiger partial charge in [0.05, 0.1) is 0 Å². The number of thiophene rings is 1. The molecule has 13 heavy (non-hydrogen) atoms. The van der Waals surface area contributed by atoms with Crippen molar-refractivity contribution in [2.75, 3.05) is 5.73 Å². The molecule has 0 aliphatic heterocycles. The third kappa shape index (κ3) is 1.72. The minimum Gasteiger partial charge on any atom is -0.419 e. The van der Waals surface area contributed by atoms with E-state index < -0.39 is 0 Å². The van der Waals surface area contributed by atoms with Crippen LogP contribution in [-0.4, -0.2) is 10.2 Å². The molecule has 0 saturated heterocycles. The normalized spacial score (nSPS) is 10.0. The Hall–Kier alpha value is -0.160. The van der Waals surface area contributed by atoms with Crippen molar-refractivity contribution in [1.82, 2.24) is 10.2 Å². The predicted octanol–water partition coefficient (Wildman–Crippen LogP) is -1.31. The van der Waals surface area contributed by atoms with Crippen LogP contribution in [0.1, 0.15) is 11.3 Å². The molecule has 2 aromatic rings. The van der Waals surface area contributed by atoms with Gasteiger partial charge in [0.1, 0.15) is 0 Å². The molecule has 3 nitrogen and oxygen atoms in total. The van der Waals surface area contributed by atoms with Crippen molar-refractivity contribution in [3.8, 4) is 0 Å². The zero-order valence-corrected chi connectivity index (χ0v) is 10.7. The summed E-state index contributed by atoms with van der Waals surface area (Å²) in [6.07, 6.45) is 0. The van der Waals surface area contributed by atoms with Gasteiger partial charge in [0.2, 0.25) is 0 Å². The third-order valence-electron chi connectivity index (χ3n) is 1.95. The van der Waals surface area contributed by atoms with E-state index in [1.807, 2.05) is 13.8 Å². The molecule has 0 fully saturated rings. The topological polar surface area (TPSA) is 51.8 Å². The van der Waals surface area contributed by atoms with Gasteiger partial charge in [0, 0.05) is 5.69 Å². The Labute approximate surface area is 103 Å². The maximum absolute atomic E-state index is 5.73. The fraction of sp³-hybridized carbons (Fsp3) is 0.250. The number of hydrogen-bond donors (Lipinski definition) is 1. The summed E-state index contributed by atoms with van der Waals surface area (Å²) >= 11 is 1.41. The number of nitrogens with two attached hydrogens (primary N) is 1. The van der Waals surface area contributed by atoms with Crippen LogP contribution in [0.25, 0.3) is 10.2 Å². The number of rotatable bonds is 0. The monoisotopic (exact) mass is 201 g/mol. The first-order chi connectivity index (χ1) is 5.70. The molecule has 2 aromatic heterocycles. The number of aryl methyl sites for hydroxylation is 2. The summed E-state index contributed by atoms with van der Waals surface area (Å²) in [5, 5.41) is 12.0. The Balaban J connectivity index is 0.000000845. The predicted molar refractivity (Wildman–Crippen MR) is 50.1 cm³/mol. The molecule has 2 N–H and O–H groups in total. The molecule has 0 saturated carbocycles. The van der Waals surface area contributed by atoms with Crippen molar-refractivity contribution in [3.63, 3.8) is 0 Å². The van der Waals surface area contributed by atoms with Gasteiger partial charge < -0.3 is 5.73 Å². The number of hydrogen-bond acceptors (Lipinski definition) is 4. The van der Waals surface area contributed by atoms with Crippen LogP contribution in [0.2, 0.25) is 0 Å². The number of aromatic nitrogens is 2. The molecule has 2 rings (SSSR count). The first kappa shape index (κ1) is 10.9. The van der Waals surface area contributed by atoms with Crippen LogP contribution in [0.15, 0.2) is 0 Å². The van der Waals surface area contributed by atoms with Crippen LogP contribution in [0.5, 0.6) is 0 Å². The van der Waals surface area contributed by atoms with Crippen LogP contribution in [0.4, 0.5) is 5.69 Å². The second-order valence-corrected chi connectivity index (χ2v) is 3.50. The quantitative estimate of drug-likeness (QED) is 0.425. The van der Waals surface area contributed by atoms with Crippen molar-refractivity contribution in [3.05, 3.63) is 16.6 Å². The van der Waals surface area contributed by atoms with Gasteiger partial charge in [0.25, 0.3) is 0 Å². The van der Waals surface area contributed by atoms with Gasteiger partial charge in [-0.2, -0.15) is 5.10 Å². The van der Waals surface area contributed by atoms with Crippen molar-refractivity contribution in [2.45, 2.75) is 13.8 Å². The summed E-state index contributed by atoms with van der Waals surface area (Å²) in [7, 11) is 0. The Morgan fingerprint density at radius 1 is 1.31 bits per heavy atom. The van der Waals surface area contributed by atoms with E-state index in [0.717, 1.165) is 21.5 Å². The Morgan fingerprint density at radius 3 is 2.69 bits per heavy atom. The van der Waals surface area contributed by atoms with Crippen LogP contribution in [-0.2, 0) is 0 Å². The van der Waals surface area contributed by atoms with Crippen LogP contribution in [0, 0.1) is 19.2 Å². The molecule has 62 valence electrons. The molecule has 0 bridgehead atoms. The van der Waals surface area contributed by atoms with Crippen LogP contribution < -0.4 is 35.3 Å². The van der Waals surface area contributed by atoms with Crippen molar-refractivity contribution < 1.29 is 29.6 Å². The molecular formula is C8H8N3NaS. The maximum atomic E-state index is 5.73. The summed E-state index contributed by atoms with van der Waals surface area (Å²) in [5.41, 5.74) is 8.46. The molecule has 0 amide bonds. The minimum atomic E-state index is 0. The summed E-state index contributed by atoms with van der Waals surface area (Å²) in [4.78, 5) is 0.871. The van der Waals surface area contributed by atoms with Crippen molar-refractivity contribution in [1.29, 1.82) is 0 Å². The van der Waals surface area contributed by atoms with E-state index in [9.17, 15) is 0 Å². The maximum Gasteiger partial charge on any atom is 1.00 e. The molecule has 2 heterocycles. The Morgan fingerprint density at radius 2 is 2.00 bits per heavy atom.